The van der Waals surface area contributed by atoms with E-state index in [0.29, 0.717) is 0 Å². The number of nitrogens with zero attached hydrogens (tertiary/aromatic N) is 1. The first-order valence-electron chi connectivity index (χ1n) is 7.01. The average molecular weight is 301 g/mol. The fourth-order valence-electron chi connectivity index (χ4n) is 2.40. The molecule has 0 amide bonds. The molecule has 0 aliphatic heterocycles. The molecule has 0 atom stereocenters. The first-order chi connectivity index (χ1) is 10.6. The van der Waals surface area contributed by atoms with Crippen LogP contribution in [0.25, 0.3) is 11.1 Å². The summed E-state index contributed by atoms with van der Waals surface area (Å²) in [5, 5.41) is 0. The van der Waals surface area contributed by atoms with Crippen molar-refractivity contribution in [3.63, 3.8) is 0 Å². The van der Waals surface area contributed by atoms with Crippen molar-refractivity contribution in [3.05, 3.63) is 41.6 Å². The van der Waals surface area contributed by atoms with E-state index in [9.17, 15) is 4.79 Å². The Morgan fingerprint density at radius 1 is 1.18 bits per heavy atom. The summed E-state index contributed by atoms with van der Waals surface area (Å²) in [6.45, 7) is 3.95. The minimum atomic E-state index is -0.803. The molecular formula is C17H19NO4. The van der Waals surface area contributed by atoms with Crippen LogP contribution in [-0.4, -0.2) is 25.4 Å². The molecule has 0 N–H and O–H groups in total. The first-order valence-corrected chi connectivity index (χ1v) is 7.01. The summed E-state index contributed by atoms with van der Waals surface area (Å²) in [7, 11) is 2.76. The maximum Gasteiger partial charge on any atom is 0.513 e. The van der Waals surface area contributed by atoms with Crippen LogP contribution in [0.1, 0.15) is 18.2 Å². The molecule has 5 nitrogen and oxygen atoms in total. The van der Waals surface area contributed by atoms with Crippen LogP contribution in [0.4, 0.5) is 4.79 Å². The number of benzene rings is 1. The van der Waals surface area contributed by atoms with Crippen molar-refractivity contribution in [1.82, 2.24) is 4.98 Å². The smallest absolute Gasteiger partial charge is 0.478 e. The van der Waals surface area contributed by atoms with Gasteiger partial charge in [-0.2, -0.15) is 0 Å². The quantitative estimate of drug-likeness (QED) is 0.804. The van der Waals surface area contributed by atoms with Gasteiger partial charge in [0, 0.05) is 11.3 Å². The molecule has 0 unspecified atom stereocenters. The Labute approximate surface area is 129 Å². The molecule has 1 aromatic carbocycles. The summed E-state index contributed by atoms with van der Waals surface area (Å²) >= 11 is 0. The van der Waals surface area contributed by atoms with Gasteiger partial charge in [-0.25, -0.2) is 9.78 Å². The number of rotatable bonds is 4. The van der Waals surface area contributed by atoms with E-state index in [1.165, 1.54) is 14.2 Å². The van der Waals surface area contributed by atoms with Crippen molar-refractivity contribution < 1.29 is 19.0 Å². The monoisotopic (exact) mass is 301 g/mol. The number of carbonyl (C=O) groups is 1. The lowest BCUT2D eigenvalue weighted by Crippen LogP contribution is -2.11. The molecule has 0 saturated heterocycles. The number of ether oxygens (including phenoxy) is 3. The molecule has 2 aromatic rings. The lowest BCUT2D eigenvalue weighted by Gasteiger charge is -2.18. The second kappa shape index (κ2) is 6.93. The fraction of sp³-hybridized carbons (Fsp3) is 0.294. The van der Waals surface area contributed by atoms with Gasteiger partial charge >= 0.3 is 6.16 Å². The Kier molecular flexibility index (Phi) is 4.99. The van der Waals surface area contributed by atoms with Gasteiger partial charge in [0.15, 0.2) is 0 Å². The Morgan fingerprint density at radius 3 is 2.41 bits per heavy atom. The van der Waals surface area contributed by atoms with Crippen molar-refractivity contribution in [2.24, 2.45) is 0 Å². The number of hydrogen-bond acceptors (Lipinski definition) is 5. The Hall–Kier alpha value is -2.56. The highest BCUT2D eigenvalue weighted by Crippen LogP contribution is 2.41. The number of carbonyl (C=O) groups excluding carboxylic acids is 1. The van der Waals surface area contributed by atoms with Gasteiger partial charge in [0.25, 0.3) is 5.88 Å². The van der Waals surface area contributed by atoms with E-state index in [1.54, 1.807) is 0 Å². The van der Waals surface area contributed by atoms with Crippen LogP contribution in [0.2, 0.25) is 0 Å². The van der Waals surface area contributed by atoms with E-state index >= 15 is 0 Å². The van der Waals surface area contributed by atoms with E-state index < -0.39 is 6.16 Å². The predicted octanol–water partition coefficient (Wildman–Crippen LogP) is 3.77. The molecule has 116 valence electrons. The van der Waals surface area contributed by atoms with Crippen LogP contribution in [0.15, 0.2) is 30.3 Å². The summed E-state index contributed by atoms with van der Waals surface area (Å²) in [4.78, 5) is 16.0. The van der Waals surface area contributed by atoms with Crippen LogP contribution < -0.4 is 9.47 Å². The number of pyridine rings is 1. The van der Waals surface area contributed by atoms with Gasteiger partial charge in [0.05, 0.1) is 14.2 Å². The third-order valence-corrected chi connectivity index (χ3v) is 3.39. The molecule has 0 aliphatic carbocycles. The van der Waals surface area contributed by atoms with Crippen LogP contribution in [0.3, 0.4) is 0 Å². The third kappa shape index (κ3) is 3.03. The first kappa shape index (κ1) is 15.8. The van der Waals surface area contributed by atoms with Crippen molar-refractivity contribution in [2.45, 2.75) is 20.3 Å². The number of aryl methyl sites for hydroxylation is 1. The molecule has 0 bridgehead atoms. The van der Waals surface area contributed by atoms with Crippen molar-refractivity contribution in [3.8, 4) is 22.8 Å². The molecule has 1 aromatic heterocycles. The second-order valence-corrected chi connectivity index (χ2v) is 4.66. The zero-order valence-electron chi connectivity index (χ0n) is 13.2. The Balaban J connectivity index is 2.74. The number of aromatic nitrogens is 1. The van der Waals surface area contributed by atoms with E-state index in [4.69, 9.17) is 9.47 Å². The van der Waals surface area contributed by atoms with Gasteiger partial charge < -0.3 is 14.2 Å². The molecule has 0 aliphatic rings. The molecule has 0 fully saturated rings. The number of hydrogen-bond donors (Lipinski definition) is 0. The molecule has 0 spiro atoms. The summed E-state index contributed by atoms with van der Waals surface area (Å²) in [5.74, 6) is 0.543. The molecule has 1 heterocycles. The maximum atomic E-state index is 11.6. The van der Waals surface area contributed by atoms with E-state index in [2.05, 4.69) is 9.72 Å². The SMILES string of the molecule is CCc1c(C)nc(OC)c(OC(=O)OC)c1-c1ccccc1. The van der Waals surface area contributed by atoms with E-state index in [1.807, 2.05) is 44.2 Å². The lowest BCUT2D eigenvalue weighted by molar-refractivity contribution is 0.120. The Bertz CT molecular complexity index is 668. The minimum Gasteiger partial charge on any atom is -0.478 e. The van der Waals surface area contributed by atoms with Gasteiger partial charge in [-0.1, -0.05) is 37.3 Å². The van der Waals surface area contributed by atoms with Crippen molar-refractivity contribution in [2.75, 3.05) is 14.2 Å². The fourth-order valence-corrected chi connectivity index (χ4v) is 2.40. The summed E-state index contributed by atoms with van der Waals surface area (Å²) < 4.78 is 15.2. The standard InChI is InChI=1S/C17H19NO4/c1-5-13-11(2)18-16(20-3)15(22-17(19)21-4)14(13)12-9-7-6-8-10-12/h6-10H,5H2,1-4H3. The van der Waals surface area contributed by atoms with Crippen LogP contribution in [-0.2, 0) is 11.2 Å². The molecule has 0 radical (unpaired) electrons. The van der Waals surface area contributed by atoms with Crippen LogP contribution >= 0.6 is 0 Å². The highest BCUT2D eigenvalue weighted by Gasteiger charge is 2.23. The van der Waals surface area contributed by atoms with Gasteiger partial charge in [-0.05, 0) is 24.5 Å². The molecule has 22 heavy (non-hydrogen) atoms. The van der Waals surface area contributed by atoms with E-state index in [0.717, 1.165) is 28.8 Å². The third-order valence-electron chi connectivity index (χ3n) is 3.39. The minimum absolute atomic E-state index is 0.263. The highest BCUT2D eigenvalue weighted by atomic mass is 16.7. The number of methoxy groups -OCH3 is 2. The largest absolute Gasteiger partial charge is 0.513 e. The zero-order chi connectivity index (χ0) is 16.1. The summed E-state index contributed by atoms with van der Waals surface area (Å²) in [6.07, 6.45) is -0.0481. The summed E-state index contributed by atoms with van der Waals surface area (Å²) in [6, 6.07) is 9.70. The predicted molar refractivity (Wildman–Crippen MR) is 83.4 cm³/mol. The lowest BCUT2D eigenvalue weighted by atomic mass is 9.96. The maximum absolute atomic E-state index is 11.6. The second-order valence-electron chi connectivity index (χ2n) is 4.66. The Morgan fingerprint density at radius 2 is 1.86 bits per heavy atom. The van der Waals surface area contributed by atoms with Gasteiger partial charge in [-0.15, -0.1) is 0 Å². The van der Waals surface area contributed by atoms with Crippen molar-refractivity contribution >= 4 is 6.16 Å². The highest BCUT2D eigenvalue weighted by molar-refractivity contribution is 5.80. The van der Waals surface area contributed by atoms with Crippen LogP contribution in [0.5, 0.6) is 11.6 Å². The topological polar surface area (TPSA) is 57.7 Å². The molecule has 2 rings (SSSR count). The van der Waals surface area contributed by atoms with Gasteiger partial charge in [-0.3, -0.25) is 0 Å². The zero-order valence-corrected chi connectivity index (χ0v) is 13.2. The van der Waals surface area contributed by atoms with Gasteiger partial charge in [0.2, 0.25) is 5.75 Å². The van der Waals surface area contributed by atoms with Gasteiger partial charge in [0.1, 0.15) is 0 Å². The van der Waals surface area contributed by atoms with E-state index in [-0.39, 0.29) is 11.6 Å². The molecule has 5 heteroatoms. The molecular weight excluding hydrogens is 282 g/mol. The van der Waals surface area contributed by atoms with Crippen LogP contribution in [0, 0.1) is 6.92 Å². The average Bonchev–Trinajstić information content (AvgIpc) is 2.56. The van der Waals surface area contributed by atoms with Crippen molar-refractivity contribution in [1.29, 1.82) is 0 Å². The summed E-state index contributed by atoms with van der Waals surface area (Å²) in [5.41, 5.74) is 3.58. The molecule has 0 saturated carbocycles. The normalized spacial score (nSPS) is 10.2.